The van der Waals surface area contributed by atoms with Gasteiger partial charge < -0.3 is 9.47 Å². The molecule has 2 aliphatic rings. The lowest BCUT2D eigenvalue weighted by atomic mass is 10.1. The van der Waals surface area contributed by atoms with Crippen LogP contribution >= 0.6 is 0 Å². The maximum atomic E-state index is 11.9. The number of allylic oxidation sites excluding steroid dienone is 2. The van der Waals surface area contributed by atoms with Crippen LogP contribution in [0.1, 0.15) is 22.3 Å². The average molecular weight is 242 g/mol. The number of benzene rings is 1. The van der Waals surface area contributed by atoms with Crippen LogP contribution in [-0.2, 0) is 9.47 Å². The van der Waals surface area contributed by atoms with Crippen molar-refractivity contribution in [3.63, 3.8) is 0 Å². The van der Waals surface area contributed by atoms with Crippen LogP contribution in [0.3, 0.4) is 0 Å². The maximum absolute atomic E-state index is 11.9. The first-order valence-corrected chi connectivity index (χ1v) is 6.11. The van der Waals surface area contributed by atoms with Crippen LogP contribution in [0.25, 0.3) is 6.08 Å². The fourth-order valence-electron chi connectivity index (χ4n) is 2.06. The smallest absolute Gasteiger partial charge is 0.338 e. The molecule has 0 aliphatic carbocycles. The number of carbonyl (C=O) groups is 1. The fourth-order valence-corrected chi connectivity index (χ4v) is 2.06. The molecule has 1 saturated heterocycles. The Labute approximate surface area is 106 Å². The second kappa shape index (κ2) is 4.78. The van der Waals surface area contributed by atoms with E-state index >= 15 is 0 Å². The van der Waals surface area contributed by atoms with Crippen LogP contribution in [0.2, 0.25) is 0 Å². The molecule has 2 heterocycles. The lowest BCUT2D eigenvalue weighted by Crippen LogP contribution is -2.10. The second-order valence-electron chi connectivity index (χ2n) is 4.40. The van der Waals surface area contributed by atoms with E-state index in [1.54, 1.807) is 6.07 Å². The summed E-state index contributed by atoms with van der Waals surface area (Å²) in [4.78, 5) is 11.9. The first-order chi connectivity index (χ1) is 8.84. The SMILES string of the molecule is O=C1OCC[C@H]2O[C@H]2/C=C/C=C/c2ccccc21. The number of esters is 1. The third-order valence-corrected chi connectivity index (χ3v) is 3.13. The number of epoxide rings is 1. The van der Waals surface area contributed by atoms with Crippen LogP contribution in [0.15, 0.2) is 42.5 Å². The summed E-state index contributed by atoms with van der Waals surface area (Å²) in [5.74, 6) is -0.267. The predicted octanol–water partition coefficient (Wildman–Crippen LogP) is 2.58. The molecule has 0 N–H and O–H groups in total. The van der Waals surface area contributed by atoms with Gasteiger partial charge in [0.2, 0.25) is 0 Å². The normalized spacial score (nSPS) is 29.9. The van der Waals surface area contributed by atoms with E-state index in [9.17, 15) is 4.79 Å². The van der Waals surface area contributed by atoms with Gasteiger partial charge >= 0.3 is 5.97 Å². The quantitative estimate of drug-likeness (QED) is 0.518. The van der Waals surface area contributed by atoms with E-state index in [1.807, 2.05) is 42.5 Å². The summed E-state index contributed by atoms with van der Waals surface area (Å²) in [6.45, 7) is 0.409. The lowest BCUT2D eigenvalue weighted by molar-refractivity contribution is 0.0492. The molecule has 0 amide bonds. The molecule has 3 heteroatoms. The van der Waals surface area contributed by atoms with Crippen molar-refractivity contribution in [2.24, 2.45) is 0 Å². The van der Waals surface area contributed by atoms with Gasteiger partial charge in [-0.25, -0.2) is 4.79 Å². The van der Waals surface area contributed by atoms with Crippen LogP contribution in [-0.4, -0.2) is 24.8 Å². The summed E-state index contributed by atoms with van der Waals surface area (Å²) in [6.07, 6.45) is 8.98. The van der Waals surface area contributed by atoms with E-state index in [0.29, 0.717) is 12.2 Å². The summed E-state index contributed by atoms with van der Waals surface area (Å²) in [6, 6.07) is 7.44. The fraction of sp³-hybridized carbons (Fsp3) is 0.267. The molecule has 3 nitrogen and oxygen atoms in total. The second-order valence-corrected chi connectivity index (χ2v) is 4.40. The maximum Gasteiger partial charge on any atom is 0.338 e. The summed E-state index contributed by atoms with van der Waals surface area (Å²) in [5.41, 5.74) is 1.48. The predicted molar refractivity (Wildman–Crippen MR) is 68.2 cm³/mol. The highest BCUT2D eigenvalue weighted by atomic mass is 16.6. The Morgan fingerprint density at radius 1 is 1.17 bits per heavy atom. The van der Waals surface area contributed by atoms with E-state index in [-0.39, 0.29) is 18.2 Å². The van der Waals surface area contributed by atoms with Crippen molar-refractivity contribution in [1.29, 1.82) is 0 Å². The van der Waals surface area contributed by atoms with Crippen LogP contribution < -0.4 is 0 Å². The highest BCUT2D eigenvalue weighted by Crippen LogP contribution is 2.27. The van der Waals surface area contributed by atoms with Gasteiger partial charge in [-0.2, -0.15) is 0 Å². The molecule has 18 heavy (non-hydrogen) atoms. The summed E-state index contributed by atoms with van der Waals surface area (Å²) >= 11 is 0. The van der Waals surface area contributed by atoms with Gasteiger partial charge in [0.05, 0.1) is 18.3 Å². The molecule has 0 saturated carbocycles. The monoisotopic (exact) mass is 242 g/mol. The number of fused-ring (bicyclic) bond motifs is 2. The molecule has 1 fully saturated rings. The van der Waals surface area contributed by atoms with Crippen LogP contribution in [0, 0.1) is 0 Å². The molecule has 2 aliphatic heterocycles. The molecule has 92 valence electrons. The number of cyclic esters (lactones) is 1. The topological polar surface area (TPSA) is 38.8 Å². The van der Waals surface area contributed by atoms with Crippen LogP contribution in [0.4, 0.5) is 0 Å². The molecule has 3 rings (SSSR count). The molecular formula is C15H14O3. The minimum atomic E-state index is -0.267. The first-order valence-electron chi connectivity index (χ1n) is 6.11. The first kappa shape index (κ1) is 11.2. The van der Waals surface area contributed by atoms with Gasteiger partial charge in [0, 0.05) is 6.42 Å². The summed E-state index contributed by atoms with van der Waals surface area (Å²) in [7, 11) is 0. The van der Waals surface area contributed by atoms with E-state index in [0.717, 1.165) is 12.0 Å². The molecule has 0 radical (unpaired) electrons. The zero-order valence-electron chi connectivity index (χ0n) is 9.91. The van der Waals surface area contributed by atoms with E-state index in [4.69, 9.17) is 9.47 Å². The van der Waals surface area contributed by atoms with Gasteiger partial charge in [0.1, 0.15) is 6.10 Å². The minimum absolute atomic E-state index is 0.183. The van der Waals surface area contributed by atoms with Gasteiger partial charge in [0.25, 0.3) is 0 Å². The number of rotatable bonds is 0. The number of hydrogen-bond donors (Lipinski definition) is 0. The summed E-state index contributed by atoms with van der Waals surface area (Å²) < 4.78 is 10.7. The van der Waals surface area contributed by atoms with E-state index in [2.05, 4.69) is 0 Å². The Morgan fingerprint density at radius 2 is 2.06 bits per heavy atom. The Bertz CT molecular complexity index is 516. The van der Waals surface area contributed by atoms with Crippen molar-refractivity contribution in [3.8, 4) is 0 Å². The van der Waals surface area contributed by atoms with Crippen molar-refractivity contribution in [2.75, 3.05) is 6.61 Å². The van der Waals surface area contributed by atoms with E-state index in [1.165, 1.54) is 0 Å². The van der Waals surface area contributed by atoms with Gasteiger partial charge in [-0.3, -0.25) is 0 Å². The Morgan fingerprint density at radius 3 is 3.00 bits per heavy atom. The Kier molecular flexibility index (Phi) is 2.99. The third-order valence-electron chi connectivity index (χ3n) is 3.13. The van der Waals surface area contributed by atoms with Crippen molar-refractivity contribution >= 4 is 12.0 Å². The van der Waals surface area contributed by atoms with Gasteiger partial charge in [0.15, 0.2) is 0 Å². The molecule has 1 aromatic rings. The standard InChI is InChI=1S/C15H14O3/c16-15-12-7-3-1-5-11(12)6-2-4-8-13-14(18-13)9-10-17-15/h1-8,13-14H,9-10H2/b6-2+,8-4+/t13-,14+/m0/s1. The zero-order valence-corrected chi connectivity index (χ0v) is 9.91. The van der Waals surface area contributed by atoms with Crippen molar-refractivity contribution in [1.82, 2.24) is 0 Å². The zero-order chi connectivity index (χ0) is 12.4. The minimum Gasteiger partial charge on any atom is -0.462 e. The third kappa shape index (κ3) is 2.36. The molecule has 0 unspecified atom stereocenters. The van der Waals surface area contributed by atoms with Crippen molar-refractivity contribution in [3.05, 3.63) is 53.6 Å². The average Bonchev–Trinajstić information content (AvgIpc) is 3.12. The highest BCUT2D eigenvalue weighted by molar-refractivity contribution is 5.93. The molecule has 1 aromatic carbocycles. The number of hydrogen-bond acceptors (Lipinski definition) is 3. The van der Waals surface area contributed by atoms with Crippen molar-refractivity contribution in [2.45, 2.75) is 18.6 Å². The Hall–Kier alpha value is -1.87. The summed E-state index contributed by atoms with van der Waals surface area (Å²) in [5, 5.41) is 0. The van der Waals surface area contributed by atoms with Gasteiger partial charge in [-0.15, -0.1) is 0 Å². The number of ether oxygens (including phenoxy) is 2. The van der Waals surface area contributed by atoms with Crippen LogP contribution in [0.5, 0.6) is 0 Å². The lowest BCUT2D eigenvalue weighted by Gasteiger charge is -2.06. The molecule has 0 aromatic heterocycles. The van der Waals surface area contributed by atoms with Gasteiger partial charge in [-0.1, -0.05) is 42.5 Å². The highest BCUT2D eigenvalue weighted by Gasteiger charge is 2.36. The Balaban J connectivity index is 1.90. The molecule has 0 bridgehead atoms. The molecule has 0 spiro atoms. The van der Waals surface area contributed by atoms with Crippen molar-refractivity contribution < 1.29 is 14.3 Å². The van der Waals surface area contributed by atoms with E-state index < -0.39 is 0 Å². The number of carbonyl (C=O) groups excluding carboxylic acids is 1. The molecule has 2 atom stereocenters. The molecular weight excluding hydrogens is 228 g/mol. The largest absolute Gasteiger partial charge is 0.462 e. The van der Waals surface area contributed by atoms with Gasteiger partial charge in [-0.05, 0) is 11.6 Å².